The van der Waals surface area contributed by atoms with E-state index in [1.54, 1.807) is 6.92 Å². The SMILES string of the molecule is CCCC(CCN)CCC(=O)N(CCC)CC(F)(F)F. The Morgan fingerprint density at radius 2 is 1.80 bits per heavy atom. The van der Waals surface area contributed by atoms with E-state index in [1.165, 1.54) is 0 Å². The van der Waals surface area contributed by atoms with Crippen molar-refractivity contribution in [3.05, 3.63) is 0 Å². The summed E-state index contributed by atoms with van der Waals surface area (Å²) in [4.78, 5) is 12.8. The number of hydrogen-bond acceptors (Lipinski definition) is 2. The number of rotatable bonds is 10. The first-order valence-corrected chi connectivity index (χ1v) is 7.38. The first-order chi connectivity index (χ1) is 9.34. The topological polar surface area (TPSA) is 46.3 Å². The molecule has 0 aliphatic rings. The standard InChI is InChI=1S/C14H27F3N2O/c1-3-5-12(8-9-18)6-7-13(20)19(10-4-2)11-14(15,16)17/h12H,3-11,18H2,1-2H3. The molecule has 1 atom stereocenters. The van der Waals surface area contributed by atoms with E-state index in [9.17, 15) is 18.0 Å². The molecule has 0 heterocycles. The first-order valence-electron chi connectivity index (χ1n) is 7.38. The van der Waals surface area contributed by atoms with Crippen molar-refractivity contribution < 1.29 is 18.0 Å². The highest BCUT2D eigenvalue weighted by Gasteiger charge is 2.32. The molecule has 0 aromatic heterocycles. The zero-order valence-corrected chi connectivity index (χ0v) is 12.5. The zero-order valence-electron chi connectivity index (χ0n) is 12.5. The van der Waals surface area contributed by atoms with Crippen molar-refractivity contribution in [2.24, 2.45) is 11.7 Å². The molecule has 0 bridgehead atoms. The number of carbonyl (C=O) groups excluding carboxylic acids is 1. The molecule has 120 valence electrons. The molecule has 0 aliphatic carbocycles. The Bertz CT molecular complexity index is 264. The maximum atomic E-state index is 12.4. The highest BCUT2D eigenvalue weighted by Crippen LogP contribution is 2.20. The fourth-order valence-corrected chi connectivity index (χ4v) is 2.34. The second-order valence-corrected chi connectivity index (χ2v) is 5.20. The van der Waals surface area contributed by atoms with E-state index in [0.29, 0.717) is 25.3 Å². The van der Waals surface area contributed by atoms with Crippen molar-refractivity contribution in [1.29, 1.82) is 0 Å². The number of halogens is 3. The van der Waals surface area contributed by atoms with Crippen LogP contribution in [0.15, 0.2) is 0 Å². The van der Waals surface area contributed by atoms with Crippen LogP contribution in [0.5, 0.6) is 0 Å². The van der Waals surface area contributed by atoms with E-state index in [1.807, 2.05) is 0 Å². The molecule has 1 unspecified atom stereocenters. The molecule has 20 heavy (non-hydrogen) atoms. The lowest BCUT2D eigenvalue weighted by Crippen LogP contribution is -2.39. The summed E-state index contributed by atoms with van der Waals surface area (Å²) in [5, 5.41) is 0. The number of hydrogen-bond donors (Lipinski definition) is 1. The van der Waals surface area contributed by atoms with Crippen LogP contribution in [0.25, 0.3) is 0 Å². The Labute approximate surface area is 119 Å². The van der Waals surface area contributed by atoms with Crippen LogP contribution in [0.4, 0.5) is 13.2 Å². The van der Waals surface area contributed by atoms with Crippen LogP contribution in [0.2, 0.25) is 0 Å². The molecule has 1 amide bonds. The van der Waals surface area contributed by atoms with Gasteiger partial charge in [-0.3, -0.25) is 4.79 Å². The fraction of sp³-hybridized carbons (Fsp3) is 0.929. The van der Waals surface area contributed by atoms with E-state index >= 15 is 0 Å². The molecule has 0 rings (SSSR count). The van der Waals surface area contributed by atoms with Crippen molar-refractivity contribution in [1.82, 2.24) is 4.90 Å². The van der Waals surface area contributed by atoms with Crippen molar-refractivity contribution in [3.63, 3.8) is 0 Å². The van der Waals surface area contributed by atoms with Gasteiger partial charge < -0.3 is 10.6 Å². The smallest absolute Gasteiger partial charge is 0.334 e. The predicted molar refractivity (Wildman–Crippen MR) is 74.2 cm³/mol. The van der Waals surface area contributed by atoms with Gasteiger partial charge in [-0.1, -0.05) is 26.7 Å². The van der Waals surface area contributed by atoms with Crippen LogP contribution in [-0.4, -0.2) is 36.6 Å². The molecule has 0 aromatic rings. The molecule has 0 fully saturated rings. The molecule has 0 spiro atoms. The second kappa shape index (κ2) is 10.0. The minimum Gasteiger partial charge on any atom is -0.334 e. The summed E-state index contributed by atoms with van der Waals surface area (Å²) in [5.74, 6) is -0.0642. The van der Waals surface area contributed by atoms with Crippen LogP contribution >= 0.6 is 0 Å². The minimum atomic E-state index is -4.33. The van der Waals surface area contributed by atoms with Gasteiger partial charge in [0.1, 0.15) is 6.54 Å². The fourth-order valence-electron chi connectivity index (χ4n) is 2.34. The van der Waals surface area contributed by atoms with Crippen LogP contribution in [0.1, 0.15) is 52.4 Å². The Hall–Kier alpha value is -0.780. The normalized spacial score (nSPS) is 13.3. The average Bonchev–Trinajstić information content (AvgIpc) is 2.34. The Balaban J connectivity index is 4.36. The Kier molecular flexibility index (Phi) is 9.63. The molecule has 2 N–H and O–H groups in total. The van der Waals surface area contributed by atoms with Gasteiger partial charge in [0.15, 0.2) is 0 Å². The zero-order chi connectivity index (χ0) is 15.6. The van der Waals surface area contributed by atoms with E-state index < -0.39 is 18.6 Å². The molecular weight excluding hydrogens is 269 g/mol. The van der Waals surface area contributed by atoms with Crippen molar-refractivity contribution in [2.45, 2.75) is 58.5 Å². The first kappa shape index (κ1) is 19.2. The summed E-state index contributed by atoms with van der Waals surface area (Å²) in [6, 6.07) is 0. The van der Waals surface area contributed by atoms with E-state index in [0.717, 1.165) is 24.2 Å². The van der Waals surface area contributed by atoms with Crippen LogP contribution < -0.4 is 5.73 Å². The molecule has 0 aliphatic heterocycles. The number of nitrogens with two attached hydrogens (primary N) is 1. The third-order valence-electron chi connectivity index (χ3n) is 3.25. The van der Waals surface area contributed by atoms with E-state index in [2.05, 4.69) is 6.92 Å². The van der Waals surface area contributed by atoms with Gasteiger partial charge >= 0.3 is 6.18 Å². The van der Waals surface area contributed by atoms with Gasteiger partial charge in [0.25, 0.3) is 0 Å². The largest absolute Gasteiger partial charge is 0.406 e. The van der Waals surface area contributed by atoms with E-state index in [4.69, 9.17) is 5.73 Å². The molecule has 0 aromatic carbocycles. The lowest BCUT2D eigenvalue weighted by molar-refractivity contribution is -0.161. The van der Waals surface area contributed by atoms with Gasteiger partial charge in [-0.2, -0.15) is 13.2 Å². The van der Waals surface area contributed by atoms with Gasteiger partial charge in [0.2, 0.25) is 5.91 Å². The van der Waals surface area contributed by atoms with Gasteiger partial charge in [0, 0.05) is 13.0 Å². The molecule has 3 nitrogen and oxygen atoms in total. The average molecular weight is 296 g/mol. The van der Waals surface area contributed by atoms with Crippen molar-refractivity contribution >= 4 is 5.91 Å². The summed E-state index contributed by atoms with van der Waals surface area (Å²) < 4.78 is 37.3. The van der Waals surface area contributed by atoms with Crippen molar-refractivity contribution in [3.8, 4) is 0 Å². The third-order valence-corrected chi connectivity index (χ3v) is 3.25. The van der Waals surface area contributed by atoms with Gasteiger partial charge in [-0.25, -0.2) is 0 Å². The number of nitrogens with zero attached hydrogens (tertiary/aromatic N) is 1. The van der Waals surface area contributed by atoms with Crippen LogP contribution in [0.3, 0.4) is 0 Å². The van der Waals surface area contributed by atoms with Gasteiger partial charge in [0.05, 0.1) is 0 Å². The summed E-state index contributed by atoms with van der Waals surface area (Å²) in [7, 11) is 0. The summed E-state index contributed by atoms with van der Waals surface area (Å²) in [5.41, 5.74) is 5.51. The number of amides is 1. The molecule has 0 radical (unpaired) electrons. The highest BCUT2D eigenvalue weighted by atomic mass is 19.4. The highest BCUT2D eigenvalue weighted by molar-refractivity contribution is 5.76. The monoisotopic (exact) mass is 296 g/mol. The Morgan fingerprint density at radius 3 is 2.25 bits per heavy atom. The maximum absolute atomic E-state index is 12.4. The second-order valence-electron chi connectivity index (χ2n) is 5.20. The Morgan fingerprint density at radius 1 is 1.15 bits per heavy atom. The lowest BCUT2D eigenvalue weighted by Gasteiger charge is -2.24. The van der Waals surface area contributed by atoms with Gasteiger partial charge in [-0.15, -0.1) is 0 Å². The predicted octanol–water partition coefficient (Wildman–Crippen LogP) is 3.33. The maximum Gasteiger partial charge on any atom is 0.406 e. The quantitative estimate of drug-likeness (QED) is 0.672. The lowest BCUT2D eigenvalue weighted by atomic mass is 9.94. The molecular formula is C14H27F3N2O. The van der Waals surface area contributed by atoms with Crippen LogP contribution in [0, 0.1) is 5.92 Å². The third kappa shape index (κ3) is 9.18. The summed E-state index contributed by atoms with van der Waals surface area (Å²) in [6.07, 6.45) is -0.192. The summed E-state index contributed by atoms with van der Waals surface area (Å²) in [6.45, 7) is 3.39. The summed E-state index contributed by atoms with van der Waals surface area (Å²) >= 11 is 0. The molecule has 6 heteroatoms. The van der Waals surface area contributed by atoms with Gasteiger partial charge in [-0.05, 0) is 31.7 Å². The van der Waals surface area contributed by atoms with Crippen molar-refractivity contribution in [2.75, 3.05) is 19.6 Å². The molecule has 0 saturated carbocycles. The minimum absolute atomic E-state index is 0.160. The number of alkyl halides is 3. The van der Waals surface area contributed by atoms with E-state index in [-0.39, 0.29) is 13.0 Å². The van der Waals surface area contributed by atoms with Crippen LogP contribution in [-0.2, 0) is 4.79 Å². The molecule has 0 saturated heterocycles. The number of carbonyl (C=O) groups is 1.